The van der Waals surface area contributed by atoms with Crippen molar-refractivity contribution >= 4 is 23.1 Å². The maximum atomic E-state index is 11.6. The number of aromatic amines is 1. The van der Waals surface area contributed by atoms with Gasteiger partial charge < -0.3 is 0 Å². The molecule has 1 aromatic heterocycles. The molecule has 1 N–H and O–H groups in total. The number of benzene rings is 1. The van der Waals surface area contributed by atoms with Crippen LogP contribution in [0.15, 0.2) is 38.9 Å². The summed E-state index contributed by atoms with van der Waals surface area (Å²) in [6, 6.07) is 5.62. The molecule has 0 bridgehead atoms. The quantitative estimate of drug-likeness (QED) is 0.373. The van der Waals surface area contributed by atoms with Crippen LogP contribution in [-0.4, -0.2) is 19.4 Å². The summed E-state index contributed by atoms with van der Waals surface area (Å²) in [5.74, 6) is 0.204. The van der Waals surface area contributed by atoms with Crippen molar-refractivity contribution in [2.75, 3.05) is 0 Å². The summed E-state index contributed by atoms with van der Waals surface area (Å²) in [4.78, 5) is 45.2. The number of nitro groups is 2. The Hall–Kier alpha value is -2.95. The second kappa shape index (κ2) is 6.44. The average Bonchev–Trinajstić information content (AvgIpc) is 2.49. The van der Waals surface area contributed by atoms with Gasteiger partial charge in [-0.05, 0) is 5.56 Å². The molecule has 11 heteroatoms. The number of nitrogens with one attached hydrogen (secondary N) is 1. The first-order chi connectivity index (χ1) is 10.8. The maximum absolute atomic E-state index is 11.6. The lowest BCUT2D eigenvalue weighted by atomic mass is 10.2. The molecule has 0 radical (unpaired) electrons. The number of non-ortho nitro benzene ring substituents is 1. The largest absolute Gasteiger partial charge is 0.364 e. The van der Waals surface area contributed by atoms with E-state index < -0.39 is 26.8 Å². The van der Waals surface area contributed by atoms with E-state index in [2.05, 4.69) is 0 Å². The molecule has 0 aliphatic carbocycles. The van der Waals surface area contributed by atoms with Crippen LogP contribution in [0.25, 0.3) is 0 Å². The molecule has 1 aromatic carbocycles. The maximum Gasteiger partial charge on any atom is 0.364 e. The van der Waals surface area contributed by atoms with Gasteiger partial charge in [-0.15, -0.1) is 0 Å². The van der Waals surface area contributed by atoms with E-state index >= 15 is 0 Å². The summed E-state index contributed by atoms with van der Waals surface area (Å²) in [5.41, 5.74) is -1.95. The SMILES string of the molecule is Cn1c(SCc2ccc([N+](=O)[O-])cc2)c([N+](=O)[O-])c(=O)[nH]c1=O. The summed E-state index contributed by atoms with van der Waals surface area (Å²) < 4.78 is 0.982. The van der Waals surface area contributed by atoms with Crippen LogP contribution in [-0.2, 0) is 12.8 Å². The zero-order valence-corrected chi connectivity index (χ0v) is 12.5. The van der Waals surface area contributed by atoms with Gasteiger partial charge in [-0.1, -0.05) is 23.9 Å². The minimum Gasteiger partial charge on any atom is -0.285 e. The van der Waals surface area contributed by atoms with Crippen LogP contribution < -0.4 is 11.2 Å². The fraction of sp³-hybridized carbons (Fsp3) is 0.167. The minimum absolute atomic E-state index is 0.0757. The molecular formula is C12H10N4O6S. The number of aromatic nitrogens is 2. The zero-order chi connectivity index (χ0) is 17.1. The third-order valence-corrected chi connectivity index (χ3v) is 4.17. The van der Waals surface area contributed by atoms with Gasteiger partial charge in [0.15, 0.2) is 5.03 Å². The average molecular weight is 338 g/mol. The predicted octanol–water partition coefficient (Wildman–Crippen LogP) is 1.18. The molecule has 0 spiro atoms. The van der Waals surface area contributed by atoms with Crippen molar-refractivity contribution in [3.05, 3.63) is 70.9 Å². The van der Waals surface area contributed by atoms with E-state index in [1.807, 2.05) is 4.98 Å². The molecular weight excluding hydrogens is 328 g/mol. The van der Waals surface area contributed by atoms with E-state index in [9.17, 15) is 29.8 Å². The molecule has 2 aromatic rings. The van der Waals surface area contributed by atoms with Crippen LogP contribution in [0.2, 0.25) is 0 Å². The number of hydrogen-bond acceptors (Lipinski definition) is 7. The van der Waals surface area contributed by atoms with Crippen molar-refractivity contribution in [3.8, 4) is 0 Å². The molecule has 0 fully saturated rings. The van der Waals surface area contributed by atoms with Crippen molar-refractivity contribution in [1.29, 1.82) is 0 Å². The van der Waals surface area contributed by atoms with Gasteiger partial charge in [-0.3, -0.25) is 34.6 Å². The van der Waals surface area contributed by atoms with Gasteiger partial charge >= 0.3 is 16.9 Å². The molecule has 1 heterocycles. The van der Waals surface area contributed by atoms with E-state index in [-0.39, 0.29) is 16.5 Å². The van der Waals surface area contributed by atoms with Gasteiger partial charge in [0.2, 0.25) is 0 Å². The van der Waals surface area contributed by atoms with Gasteiger partial charge in [-0.25, -0.2) is 4.79 Å². The molecule has 10 nitrogen and oxygen atoms in total. The molecule has 2 rings (SSSR count). The third kappa shape index (κ3) is 3.45. The Bertz CT molecular complexity index is 886. The standard InChI is InChI=1S/C12H10N4O6S/c1-14-11(9(16(21)22)10(17)13-12(14)18)23-6-7-2-4-8(5-3-7)15(19)20/h2-5H,6H2,1H3,(H,13,17,18). The van der Waals surface area contributed by atoms with Crippen LogP contribution in [0.4, 0.5) is 11.4 Å². The number of rotatable bonds is 5. The number of hydrogen-bond donors (Lipinski definition) is 1. The lowest BCUT2D eigenvalue weighted by molar-refractivity contribution is -0.390. The third-order valence-electron chi connectivity index (χ3n) is 2.95. The van der Waals surface area contributed by atoms with E-state index in [0.29, 0.717) is 5.56 Å². The van der Waals surface area contributed by atoms with Gasteiger partial charge in [0.25, 0.3) is 5.69 Å². The van der Waals surface area contributed by atoms with Crippen molar-refractivity contribution < 1.29 is 9.85 Å². The van der Waals surface area contributed by atoms with Gasteiger partial charge in [0, 0.05) is 24.9 Å². The Morgan fingerprint density at radius 3 is 2.26 bits per heavy atom. The van der Waals surface area contributed by atoms with Crippen molar-refractivity contribution in [2.24, 2.45) is 7.05 Å². The molecule has 0 atom stereocenters. The van der Waals surface area contributed by atoms with Crippen molar-refractivity contribution in [2.45, 2.75) is 10.8 Å². The second-order valence-electron chi connectivity index (χ2n) is 4.44. The van der Waals surface area contributed by atoms with Gasteiger partial charge in [0.05, 0.1) is 9.85 Å². The molecule has 0 unspecified atom stereocenters. The Labute approximate surface area is 132 Å². The summed E-state index contributed by atoms with van der Waals surface area (Å²) in [5, 5.41) is 21.5. The highest BCUT2D eigenvalue weighted by Crippen LogP contribution is 2.27. The van der Waals surface area contributed by atoms with Crippen molar-refractivity contribution in [3.63, 3.8) is 0 Å². The number of nitro benzene ring substituents is 1. The topological polar surface area (TPSA) is 141 Å². The van der Waals surface area contributed by atoms with E-state index in [4.69, 9.17) is 0 Å². The summed E-state index contributed by atoms with van der Waals surface area (Å²) >= 11 is 0.929. The first-order valence-corrected chi connectivity index (χ1v) is 7.13. The van der Waals surface area contributed by atoms with E-state index in [1.54, 1.807) is 0 Å². The van der Waals surface area contributed by atoms with Crippen LogP contribution in [0.3, 0.4) is 0 Å². The van der Waals surface area contributed by atoms with E-state index in [1.165, 1.54) is 31.3 Å². The highest BCUT2D eigenvalue weighted by molar-refractivity contribution is 7.98. The first kappa shape index (κ1) is 16.4. The Kier molecular flexibility index (Phi) is 4.60. The molecule has 23 heavy (non-hydrogen) atoms. The fourth-order valence-corrected chi connectivity index (χ4v) is 2.86. The van der Waals surface area contributed by atoms with Gasteiger partial charge in [0.1, 0.15) is 0 Å². The predicted molar refractivity (Wildman–Crippen MR) is 81.6 cm³/mol. The number of thioether (sulfide) groups is 1. The van der Waals surface area contributed by atoms with Crippen molar-refractivity contribution in [1.82, 2.24) is 9.55 Å². The van der Waals surface area contributed by atoms with Crippen LogP contribution in [0.1, 0.15) is 5.56 Å². The fourth-order valence-electron chi connectivity index (χ4n) is 1.78. The summed E-state index contributed by atoms with van der Waals surface area (Å²) in [7, 11) is 1.31. The smallest absolute Gasteiger partial charge is 0.285 e. The minimum atomic E-state index is -1.07. The molecule has 0 aliphatic heterocycles. The molecule has 0 aliphatic rings. The normalized spacial score (nSPS) is 10.5. The first-order valence-electron chi connectivity index (χ1n) is 6.15. The monoisotopic (exact) mass is 338 g/mol. The lowest BCUT2D eigenvalue weighted by Crippen LogP contribution is -2.31. The zero-order valence-electron chi connectivity index (χ0n) is 11.7. The Morgan fingerprint density at radius 2 is 1.74 bits per heavy atom. The molecule has 0 amide bonds. The van der Waals surface area contributed by atoms with Gasteiger partial charge in [-0.2, -0.15) is 0 Å². The Balaban J connectivity index is 2.33. The molecule has 120 valence electrons. The Morgan fingerprint density at radius 1 is 1.13 bits per heavy atom. The highest BCUT2D eigenvalue weighted by Gasteiger charge is 2.23. The molecule has 0 saturated carbocycles. The van der Waals surface area contributed by atoms with Crippen LogP contribution >= 0.6 is 11.8 Å². The van der Waals surface area contributed by atoms with Crippen LogP contribution in [0, 0.1) is 20.2 Å². The second-order valence-corrected chi connectivity index (χ2v) is 5.41. The van der Waals surface area contributed by atoms with E-state index in [0.717, 1.165) is 16.3 Å². The lowest BCUT2D eigenvalue weighted by Gasteiger charge is -2.07. The van der Waals surface area contributed by atoms with Crippen LogP contribution in [0.5, 0.6) is 0 Å². The number of H-pyrrole nitrogens is 1. The number of nitrogens with zero attached hydrogens (tertiary/aromatic N) is 3. The summed E-state index contributed by atoms with van der Waals surface area (Å²) in [6.07, 6.45) is 0. The highest BCUT2D eigenvalue weighted by atomic mass is 32.2. The molecule has 0 saturated heterocycles. The summed E-state index contributed by atoms with van der Waals surface area (Å²) in [6.45, 7) is 0.